The van der Waals surface area contributed by atoms with E-state index in [1.807, 2.05) is 27.1 Å². The lowest BCUT2D eigenvalue weighted by Crippen LogP contribution is -2.17. The second kappa shape index (κ2) is 8.35. The van der Waals surface area contributed by atoms with Crippen LogP contribution in [-0.4, -0.2) is 30.8 Å². The third-order valence-corrected chi connectivity index (χ3v) is 5.33. The highest BCUT2D eigenvalue weighted by Gasteiger charge is 2.19. The number of aliphatic hydroxyl groups is 1. The zero-order chi connectivity index (χ0) is 23.0. The Labute approximate surface area is 183 Å². The van der Waals surface area contributed by atoms with Crippen molar-refractivity contribution in [1.29, 1.82) is 0 Å². The van der Waals surface area contributed by atoms with Crippen molar-refractivity contribution >= 4 is 22.5 Å². The van der Waals surface area contributed by atoms with Gasteiger partial charge >= 0.3 is 0 Å². The Bertz CT molecular complexity index is 1330. The molecule has 0 aliphatic rings. The Morgan fingerprint density at radius 2 is 2.09 bits per heavy atom. The number of pyridine rings is 2. The van der Waals surface area contributed by atoms with E-state index in [4.69, 9.17) is 5.73 Å². The number of halogens is 1. The Morgan fingerprint density at radius 3 is 2.72 bits per heavy atom. The number of nitrogens with two attached hydrogens (primary N) is 1. The molecule has 4 rings (SSSR count). The molecule has 3 heterocycles. The molecular weight excluding hydrogens is 411 g/mol. The van der Waals surface area contributed by atoms with E-state index in [1.165, 1.54) is 6.20 Å². The number of nitrogens with one attached hydrogen (secondary N) is 1. The maximum Gasteiger partial charge on any atom is 0.252 e. The van der Waals surface area contributed by atoms with Gasteiger partial charge in [-0.25, -0.2) is 4.98 Å². The minimum atomic E-state index is -0.693. The summed E-state index contributed by atoms with van der Waals surface area (Å²) in [4.78, 5) is 20.3. The molecule has 4 aromatic rings. The Morgan fingerprint density at radius 1 is 1.31 bits per heavy atom. The molecule has 1 amide bonds. The number of fused-ring (bicyclic) bond motifs is 1. The van der Waals surface area contributed by atoms with Crippen LogP contribution in [0, 0.1) is 12.9 Å². The summed E-state index contributed by atoms with van der Waals surface area (Å²) in [7, 11) is 1.84. The van der Waals surface area contributed by atoms with Crippen LogP contribution in [0.25, 0.3) is 22.0 Å². The number of rotatable bonds is 6. The summed E-state index contributed by atoms with van der Waals surface area (Å²) in [5.41, 5.74) is 9.88. The first-order valence-corrected chi connectivity index (χ1v) is 10.0. The third kappa shape index (κ3) is 3.90. The van der Waals surface area contributed by atoms with Crippen LogP contribution in [-0.2, 0) is 13.7 Å². The van der Waals surface area contributed by atoms with Gasteiger partial charge in [0.25, 0.3) is 5.91 Å². The van der Waals surface area contributed by atoms with Crippen LogP contribution in [0.3, 0.4) is 0 Å². The molecule has 32 heavy (non-hydrogen) atoms. The highest BCUT2D eigenvalue weighted by Crippen LogP contribution is 2.33. The molecule has 0 spiro atoms. The molecule has 0 radical (unpaired) electrons. The number of aryl methyl sites for hydroxylation is 2. The monoisotopic (exact) mass is 434 g/mol. The van der Waals surface area contributed by atoms with Gasteiger partial charge in [0.2, 0.25) is 5.95 Å². The van der Waals surface area contributed by atoms with Crippen molar-refractivity contribution in [2.75, 3.05) is 5.32 Å². The molecule has 9 heteroatoms. The molecule has 1 aromatic carbocycles. The van der Waals surface area contributed by atoms with Gasteiger partial charge in [-0.1, -0.05) is 6.07 Å². The van der Waals surface area contributed by atoms with E-state index >= 15 is 0 Å². The van der Waals surface area contributed by atoms with Crippen molar-refractivity contribution in [3.63, 3.8) is 0 Å². The van der Waals surface area contributed by atoms with Gasteiger partial charge in [0.15, 0.2) is 0 Å². The van der Waals surface area contributed by atoms with Crippen LogP contribution in [0.4, 0.5) is 10.1 Å². The topological polar surface area (TPSA) is 119 Å². The molecule has 3 aromatic heterocycles. The lowest BCUT2D eigenvalue weighted by molar-refractivity contribution is 0.100. The average molecular weight is 434 g/mol. The smallest absolute Gasteiger partial charge is 0.252 e. The first kappa shape index (κ1) is 21.4. The molecular formula is C23H23FN6O2. The van der Waals surface area contributed by atoms with Crippen LogP contribution in [0.5, 0.6) is 0 Å². The number of hydrogen-bond acceptors (Lipinski definition) is 6. The van der Waals surface area contributed by atoms with E-state index in [-0.39, 0.29) is 29.5 Å². The van der Waals surface area contributed by atoms with Crippen LogP contribution in [0.1, 0.15) is 40.3 Å². The predicted molar refractivity (Wildman–Crippen MR) is 119 cm³/mol. The average Bonchev–Trinajstić information content (AvgIpc) is 3.11. The molecule has 8 nitrogen and oxygen atoms in total. The second-order valence-corrected chi connectivity index (χ2v) is 7.68. The van der Waals surface area contributed by atoms with Gasteiger partial charge < -0.3 is 16.2 Å². The SMILES string of the molecule is Cc1cn(C)nc1[C@H](C)Nc1c(C(N)=O)cnc2ccc(-c3ccc(CO)nc3F)cc12. The highest BCUT2D eigenvalue weighted by atomic mass is 19.1. The number of benzene rings is 1. The van der Waals surface area contributed by atoms with E-state index in [1.54, 1.807) is 35.0 Å². The molecule has 0 aliphatic carbocycles. The number of carbonyl (C=O) groups excluding carboxylic acids is 1. The van der Waals surface area contributed by atoms with Crippen molar-refractivity contribution in [1.82, 2.24) is 19.7 Å². The van der Waals surface area contributed by atoms with Gasteiger partial charge in [0, 0.05) is 30.4 Å². The van der Waals surface area contributed by atoms with Crippen molar-refractivity contribution in [3.8, 4) is 11.1 Å². The number of amides is 1. The molecule has 0 unspecified atom stereocenters. The number of hydrogen-bond donors (Lipinski definition) is 3. The summed E-state index contributed by atoms with van der Waals surface area (Å²) in [6, 6.07) is 8.11. The van der Waals surface area contributed by atoms with Gasteiger partial charge in [-0.3, -0.25) is 14.5 Å². The van der Waals surface area contributed by atoms with E-state index in [0.29, 0.717) is 22.2 Å². The molecule has 0 saturated heterocycles. The Kier molecular flexibility index (Phi) is 5.58. The Balaban J connectivity index is 1.86. The minimum absolute atomic E-state index is 0.226. The Hall–Kier alpha value is -3.85. The number of primary amides is 1. The minimum Gasteiger partial charge on any atom is -0.390 e. The molecule has 164 valence electrons. The second-order valence-electron chi connectivity index (χ2n) is 7.68. The summed E-state index contributed by atoms with van der Waals surface area (Å²) in [6.07, 6.45) is 3.35. The van der Waals surface area contributed by atoms with Gasteiger partial charge in [0.1, 0.15) is 0 Å². The molecule has 4 N–H and O–H groups in total. The van der Waals surface area contributed by atoms with Gasteiger partial charge in [-0.15, -0.1) is 0 Å². The summed E-state index contributed by atoms with van der Waals surface area (Å²) in [6.45, 7) is 3.55. The van der Waals surface area contributed by atoms with Gasteiger partial charge in [-0.2, -0.15) is 9.49 Å². The molecule has 0 fully saturated rings. The first-order valence-electron chi connectivity index (χ1n) is 10.0. The van der Waals surface area contributed by atoms with Gasteiger partial charge in [-0.05, 0) is 49.2 Å². The van der Waals surface area contributed by atoms with Crippen molar-refractivity contribution in [3.05, 3.63) is 71.2 Å². The van der Waals surface area contributed by atoms with Gasteiger partial charge in [0.05, 0.1) is 40.8 Å². The third-order valence-electron chi connectivity index (χ3n) is 5.33. The number of aliphatic hydroxyl groups excluding tert-OH is 1. The predicted octanol–water partition coefficient (Wildman–Crippen LogP) is 3.24. The summed E-state index contributed by atoms with van der Waals surface area (Å²) >= 11 is 0. The van der Waals surface area contributed by atoms with Crippen LogP contribution >= 0.6 is 0 Å². The van der Waals surface area contributed by atoms with Crippen LogP contribution < -0.4 is 11.1 Å². The van der Waals surface area contributed by atoms with E-state index in [9.17, 15) is 14.3 Å². The normalized spacial score (nSPS) is 12.2. The van der Waals surface area contributed by atoms with Crippen molar-refractivity contribution in [2.24, 2.45) is 12.8 Å². The summed E-state index contributed by atoms with van der Waals surface area (Å²) in [5, 5.41) is 17.7. The largest absolute Gasteiger partial charge is 0.390 e. The maximum absolute atomic E-state index is 14.6. The quantitative estimate of drug-likeness (QED) is 0.401. The fourth-order valence-corrected chi connectivity index (χ4v) is 3.81. The zero-order valence-corrected chi connectivity index (χ0v) is 17.9. The van der Waals surface area contributed by atoms with Crippen molar-refractivity contribution < 1.29 is 14.3 Å². The maximum atomic E-state index is 14.6. The molecule has 0 aliphatic heterocycles. The van der Waals surface area contributed by atoms with E-state index in [2.05, 4.69) is 20.4 Å². The number of anilines is 1. The first-order chi connectivity index (χ1) is 15.3. The number of aromatic nitrogens is 4. The lowest BCUT2D eigenvalue weighted by Gasteiger charge is -2.19. The van der Waals surface area contributed by atoms with Crippen LogP contribution in [0.15, 0.2) is 42.7 Å². The fourth-order valence-electron chi connectivity index (χ4n) is 3.81. The van der Waals surface area contributed by atoms with E-state index in [0.717, 1.165) is 11.3 Å². The van der Waals surface area contributed by atoms with Crippen LogP contribution in [0.2, 0.25) is 0 Å². The van der Waals surface area contributed by atoms with Crippen molar-refractivity contribution in [2.45, 2.75) is 26.5 Å². The molecule has 0 bridgehead atoms. The summed E-state index contributed by atoms with van der Waals surface area (Å²) < 4.78 is 16.3. The molecule has 1 atom stereocenters. The lowest BCUT2D eigenvalue weighted by atomic mass is 10.0. The fraction of sp³-hybridized carbons (Fsp3) is 0.217. The summed E-state index contributed by atoms with van der Waals surface area (Å²) in [5.74, 6) is -1.32. The number of nitrogens with zero attached hydrogens (tertiary/aromatic N) is 4. The van der Waals surface area contributed by atoms with E-state index < -0.39 is 11.9 Å². The number of carbonyl (C=O) groups is 1. The molecule has 0 saturated carbocycles. The zero-order valence-electron chi connectivity index (χ0n) is 17.9. The highest BCUT2D eigenvalue weighted by molar-refractivity contribution is 6.07. The standard InChI is InChI=1S/C23H23FN6O2/c1-12-10-30(3)29-20(12)13(2)27-21-17-8-14(16-6-5-15(11-31)28-22(16)24)4-7-19(17)26-9-18(21)23(25)32/h4-10,13,31H,11H2,1-3H3,(H2,25,32)(H,26,27)/t13-/m0/s1.